The van der Waals surface area contributed by atoms with Crippen molar-refractivity contribution in [1.29, 1.82) is 0 Å². The van der Waals surface area contributed by atoms with Crippen LogP contribution in [0.15, 0.2) is 12.3 Å². The summed E-state index contributed by atoms with van der Waals surface area (Å²) in [5.74, 6) is -2.83. The molecule has 0 aromatic carbocycles. The summed E-state index contributed by atoms with van der Waals surface area (Å²) in [5.41, 5.74) is 1.36. The van der Waals surface area contributed by atoms with Crippen molar-refractivity contribution in [3.8, 4) is 0 Å². The monoisotopic (exact) mass is 228 g/mol. The molecule has 88 valence electrons. The maximum Gasteiger partial charge on any atom is 0.267 e. The van der Waals surface area contributed by atoms with Gasteiger partial charge in [-0.2, -0.15) is 0 Å². The zero-order valence-corrected chi connectivity index (χ0v) is 9.02. The van der Waals surface area contributed by atoms with E-state index in [9.17, 15) is 13.6 Å². The molecule has 0 spiro atoms. The van der Waals surface area contributed by atoms with Gasteiger partial charge in [-0.1, -0.05) is 0 Å². The fourth-order valence-corrected chi connectivity index (χ4v) is 1.95. The van der Waals surface area contributed by atoms with Crippen molar-refractivity contribution in [2.24, 2.45) is 5.92 Å². The quantitative estimate of drug-likeness (QED) is 0.817. The molecule has 3 nitrogen and oxygen atoms in total. The van der Waals surface area contributed by atoms with E-state index in [4.69, 9.17) is 0 Å². The Kier molecular flexibility index (Phi) is 2.69. The molecule has 5 heteroatoms. The fraction of sp³-hybridized carbons (Fsp3) is 0.545. The number of halogens is 2. The Hall–Kier alpha value is -1.39. The molecule has 1 aromatic rings. The number of carbonyl (C=O) groups excluding carboxylic acids is 1. The van der Waals surface area contributed by atoms with Gasteiger partial charge in [0.25, 0.3) is 5.91 Å². The van der Waals surface area contributed by atoms with Crippen molar-refractivity contribution in [3.63, 3.8) is 0 Å². The number of rotatable bonds is 3. The van der Waals surface area contributed by atoms with E-state index in [-0.39, 0.29) is 24.7 Å². The minimum absolute atomic E-state index is 0.0887. The fourth-order valence-electron chi connectivity index (χ4n) is 1.95. The molecule has 1 fully saturated rings. The Morgan fingerprint density at radius 3 is 2.81 bits per heavy atom. The molecule has 0 saturated heterocycles. The largest absolute Gasteiger partial charge is 0.357 e. The average molecular weight is 228 g/mol. The highest BCUT2D eigenvalue weighted by Crippen LogP contribution is 2.41. The Morgan fingerprint density at radius 2 is 2.31 bits per heavy atom. The lowest BCUT2D eigenvalue weighted by Gasteiger charge is -2.34. The van der Waals surface area contributed by atoms with Crippen LogP contribution in [0.4, 0.5) is 8.78 Å². The smallest absolute Gasteiger partial charge is 0.267 e. The maximum absolute atomic E-state index is 12.5. The summed E-state index contributed by atoms with van der Waals surface area (Å²) >= 11 is 0. The third-order valence-electron chi connectivity index (χ3n) is 2.91. The van der Waals surface area contributed by atoms with E-state index < -0.39 is 5.92 Å². The summed E-state index contributed by atoms with van der Waals surface area (Å²) in [6.07, 6.45) is 1.45. The van der Waals surface area contributed by atoms with Crippen LogP contribution in [0.2, 0.25) is 0 Å². The van der Waals surface area contributed by atoms with Gasteiger partial charge < -0.3 is 10.3 Å². The molecule has 0 atom stereocenters. The molecule has 1 aliphatic rings. The number of H-pyrrole nitrogens is 1. The van der Waals surface area contributed by atoms with Crippen molar-refractivity contribution < 1.29 is 13.6 Å². The zero-order chi connectivity index (χ0) is 11.8. The number of aromatic amines is 1. The minimum atomic E-state index is -2.52. The van der Waals surface area contributed by atoms with Crippen LogP contribution in [-0.4, -0.2) is 23.4 Å². The first kappa shape index (κ1) is 11.1. The average Bonchev–Trinajstić information content (AvgIpc) is 2.57. The summed E-state index contributed by atoms with van der Waals surface area (Å²) in [6.45, 7) is 2.15. The molecule has 1 amide bonds. The van der Waals surface area contributed by atoms with E-state index in [1.165, 1.54) is 0 Å². The number of aryl methyl sites for hydroxylation is 1. The van der Waals surface area contributed by atoms with Gasteiger partial charge in [-0.15, -0.1) is 0 Å². The van der Waals surface area contributed by atoms with Crippen molar-refractivity contribution in [2.45, 2.75) is 25.7 Å². The van der Waals surface area contributed by atoms with Crippen LogP contribution in [0, 0.1) is 12.8 Å². The predicted molar refractivity (Wildman–Crippen MR) is 55.5 cm³/mol. The Morgan fingerprint density at radius 1 is 1.62 bits per heavy atom. The first-order valence-electron chi connectivity index (χ1n) is 5.28. The van der Waals surface area contributed by atoms with E-state index in [1.807, 2.05) is 6.92 Å². The van der Waals surface area contributed by atoms with Crippen molar-refractivity contribution >= 4 is 5.91 Å². The van der Waals surface area contributed by atoms with E-state index in [0.717, 1.165) is 5.56 Å². The number of hydrogen-bond acceptors (Lipinski definition) is 1. The van der Waals surface area contributed by atoms with E-state index in [2.05, 4.69) is 10.3 Å². The molecule has 1 aromatic heterocycles. The van der Waals surface area contributed by atoms with Gasteiger partial charge in [0.1, 0.15) is 5.69 Å². The summed E-state index contributed by atoms with van der Waals surface area (Å²) in [6, 6.07) is 1.80. The van der Waals surface area contributed by atoms with Crippen LogP contribution in [0.25, 0.3) is 0 Å². The Labute approximate surface area is 92.2 Å². The summed E-state index contributed by atoms with van der Waals surface area (Å²) in [5, 5.41) is 2.66. The second-order valence-corrected chi connectivity index (χ2v) is 4.38. The molecule has 16 heavy (non-hydrogen) atoms. The van der Waals surface area contributed by atoms with Gasteiger partial charge in [-0.25, -0.2) is 8.78 Å². The lowest BCUT2D eigenvalue weighted by molar-refractivity contribution is -0.108. The zero-order valence-electron chi connectivity index (χ0n) is 9.02. The van der Waals surface area contributed by atoms with Crippen LogP contribution in [0.3, 0.4) is 0 Å². The van der Waals surface area contributed by atoms with Crippen molar-refractivity contribution in [3.05, 3.63) is 23.5 Å². The minimum Gasteiger partial charge on any atom is -0.357 e. The number of amides is 1. The SMILES string of the molecule is Cc1cc[nH]c1C(=O)NCC1CC(F)(F)C1. The number of nitrogens with one attached hydrogen (secondary N) is 2. The van der Waals surface area contributed by atoms with Crippen molar-refractivity contribution in [2.75, 3.05) is 6.54 Å². The maximum atomic E-state index is 12.5. The van der Waals surface area contributed by atoms with Gasteiger partial charge in [0.2, 0.25) is 5.92 Å². The van der Waals surface area contributed by atoms with Crippen LogP contribution in [-0.2, 0) is 0 Å². The number of aromatic nitrogens is 1. The normalized spacial score (nSPS) is 19.2. The molecule has 0 bridgehead atoms. The summed E-state index contributed by atoms with van der Waals surface area (Å²) in [4.78, 5) is 14.4. The molecular formula is C11H14F2N2O. The highest BCUT2D eigenvalue weighted by atomic mass is 19.3. The lowest BCUT2D eigenvalue weighted by Crippen LogP contribution is -2.42. The highest BCUT2D eigenvalue weighted by Gasteiger charge is 2.45. The Bertz CT molecular complexity index is 392. The lowest BCUT2D eigenvalue weighted by atomic mass is 9.81. The number of alkyl halides is 2. The second-order valence-electron chi connectivity index (χ2n) is 4.38. The highest BCUT2D eigenvalue weighted by molar-refractivity contribution is 5.93. The second kappa shape index (κ2) is 3.88. The molecule has 1 aliphatic carbocycles. The van der Waals surface area contributed by atoms with Crippen LogP contribution < -0.4 is 5.32 Å². The summed E-state index contributed by atoms with van der Waals surface area (Å²) in [7, 11) is 0. The first-order valence-corrected chi connectivity index (χ1v) is 5.28. The van der Waals surface area contributed by atoms with Crippen LogP contribution in [0.1, 0.15) is 28.9 Å². The third-order valence-corrected chi connectivity index (χ3v) is 2.91. The van der Waals surface area contributed by atoms with Crippen molar-refractivity contribution in [1.82, 2.24) is 10.3 Å². The molecule has 1 saturated carbocycles. The van der Waals surface area contributed by atoms with Gasteiger partial charge >= 0.3 is 0 Å². The van der Waals surface area contributed by atoms with Gasteiger partial charge in [0.15, 0.2) is 0 Å². The third kappa shape index (κ3) is 2.23. The summed E-state index contributed by atoms with van der Waals surface area (Å²) < 4.78 is 25.1. The van der Waals surface area contributed by atoms with Gasteiger partial charge in [0.05, 0.1) is 0 Å². The standard InChI is InChI=1S/C11H14F2N2O/c1-7-2-3-14-9(7)10(16)15-6-8-4-11(12,13)5-8/h2-3,8,14H,4-6H2,1H3,(H,15,16). The number of carbonyl (C=O) groups is 1. The van der Waals surface area contributed by atoms with Crippen LogP contribution >= 0.6 is 0 Å². The van der Waals surface area contributed by atoms with Gasteiger partial charge in [-0.3, -0.25) is 4.79 Å². The van der Waals surface area contributed by atoms with E-state index >= 15 is 0 Å². The molecule has 1 heterocycles. The van der Waals surface area contributed by atoms with Gasteiger partial charge in [-0.05, 0) is 24.5 Å². The first-order chi connectivity index (χ1) is 7.48. The number of hydrogen-bond donors (Lipinski definition) is 2. The van der Waals surface area contributed by atoms with E-state index in [0.29, 0.717) is 12.2 Å². The topological polar surface area (TPSA) is 44.9 Å². The molecule has 0 unspecified atom stereocenters. The molecule has 0 radical (unpaired) electrons. The van der Waals surface area contributed by atoms with Gasteiger partial charge in [0, 0.05) is 25.6 Å². The molecular weight excluding hydrogens is 214 g/mol. The van der Waals surface area contributed by atoms with Crippen LogP contribution in [0.5, 0.6) is 0 Å². The molecule has 2 N–H and O–H groups in total. The Balaban J connectivity index is 1.80. The van der Waals surface area contributed by atoms with E-state index in [1.54, 1.807) is 12.3 Å². The molecule has 2 rings (SSSR count). The predicted octanol–water partition coefficient (Wildman–Crippen LogP) is 2.10. The molecule has 0 aliphatic heterocycles.